The van der Waals surface area contributed by atoms with Crippen molar-refractivity contribution in [2.75, 3.05) is 19.5 Å². The third kappa shape index (κ3) is 4.28. The number of amides is 1. The van der Waals surface area contributed by atoms with Gasteiger partial charge in [0, 0.05) is 23.9 Å². The number of carbonyl (C=O) groups is 1. The van der Waals surface area contributed by atoms with E-state index in [1.54, 1.807) is 0 Å². The molecule has 1 aromatic heterocycles. The van der Waals surface area contributed by atoms with Crippen molar-refractivity contribution in [2.45, 2.75) is 6.18 Å². The molecule has 0 aliphatic rings. The monoisotopic (exact) mass is 410 g/mol. The van der Waals surface area contributed by atoms with E-state index >= 15 is 0 Å². The molecule has 0 aliphatic carbocycles. The molecule has 0 radical (unpaired) electrons. The summed E-state index contributed by atoms with van der Waals surface area (Å²) in [6.07, 6.45) is -4.95. The fourth-order valence-electron chi connectivity index (χ4n) is 2.52. The predicted octanol–water partition coefficient (Wildman–Crippen LogP) is 3.69. The number of nitrogens with zero attached hydrogens (tertiary/aromatic N) is 3. The lowest BCUT2D eigenvalue weighted by Gasteiger charge is -2.12. The summed E-state index contributed by atoms with van der Waals surface area (Å²) in [5.41, 5.74) is -2.30. The molecule has 11 heteroatoms. The zero-order chi connectivity index (χ0) is 21.2. The van der Waals surface area contributed by atoms with Crippen molar-refractivity contribution in [2.24, 2.45) is 0 Å². The number of hydrogen-bond donors (Lipinski definition) is 1. The fraction of sp³-hybridized carbons (Fsp3) is 0.167. The van der Waals surface area contributed by atoms with Crippen LogP contribution in [0.3, 0.4) is 0 Å². The first-order valence-electron chi connectivity index (χ1n) is 8.06. The Labute approximate surface area is 161 Å². The van der Waals surface area contributed by atoms with Gasteiger partial charge in [-0.3, -0.25) is 4.79 Å². The molecule has 3 rings (SSSR count). The summed E-state index contributed by atoms with van der Waals surface area (Å²) in [6, 6.07) is 8.46. The number of methoxy groups -OCH3 is 2. The van der Waals surface area contributed by atoms with Gasteiger partial charge in [-0.1, -0.05) is 5.21 Å². The van der Waals surface area contributed by atoms with Gasteiger partial charge in [-0.05, 0) is 24.3 Å². The Balaban J connectivity index is 2.00. The minimum atomic E-state index is -4.95. The third-order valence-corrected chi connectivity index (χ3v) is 3.83. The number of nitrogens with one attached hydrogen (secondary N) is 1. The molecule has 0 atom stereocenters. The molecule has 7 nitrogen and oxygen atoms in total. The first kappa shape index (κ1) is 20.1. The van der Waals surface area contributed by atoms with E-state index in [4.69, 9.17) is 9.47 Å². The van der Waals surface area contributed by atoms with Crippen LogP contribution in [0.2, 0.25) is 0 Å². The number of anilines is 1. The van der Waals surface area contributed by atoms with E-state index < -0.39 is 29.3 Å². The van der Waals surface area contributed by atoms with E-state index in [9.17, 15) is 22.4 Å². The number of carbonyl (C=O) groups excluding carboxylic acids is 1. The van der Waals surface area contributed by atoms with Crippen LogP contribution in [-0.4, -0.2) is 35.1 Å². The number of alkyl halides is 3. The molecule has 152 valence electrons. The summed E-state index contributed by atoms with van der Waals surface area (Å²) in [4.78, 5) is 12.5. The van der Waals surface area contributed by atoms with Gasteiger partial charge in [0.1, 0.15) is 17.3 Å². The first-order valence-corrected chi connectivity index (χ1v) is 8.06. The molecule has 2 aromatic carbocycles. The lowest BCUT2D eigenvalue weighted by molar-refractivity contribution is -0.143. The summed E-state index contributed by atoms with van der Waals surface area (Å²) in [5, 5.41) is 9.13. The van der Waals surface area contributed by atoms with Gasteiger partial charge in [-0.25, -0.2) is 9.07 Å². The molecule has 3 aromatic rings. The summed E-state index contributed by atoms with van der Waals surface area (Å²) in [6.45, 7) is 0. The lowest BCUT2D eigenvalue weighted by atomic mass is 10.2. The van der Waals surface area contributed by atoms with E-state index in [0.717, 1.165) is 24.3 Å². The topological polar surface area (TPSA) is 78.3 Å². The van der Waals surface area contributed by atoms with E-state index in [2.05, 4.69) is 15.6 Å². The zero-order valence-electron chi connectivity index (χ0n) is 15.1. The number of ether oxygens (including phenoxy) is 2. The Morgan fingerprint density at radius 3 is 2.14 bits per heavy atom. The van der Waals surface area contributed by atoms with Crippen LogP contribution in [0, 0.1) is 5.82 Å². The molecule has 0 fully saturated rings. The second-order valence-electron chi connectivity index (χ2n) is 5.73. The maximum atomic E-state index is 13.6. The van der Waals surface area contributed by atoms with Crippen LogP contribution in [0.4, 0.5) is 23.2 Å². The van der Waals surface area contributed by atoms with Crippen LogP contribution in [0.25, 0.3) is 5.69 Å². The van der Waals surface area contributed by atoms with E-state index in [1.165, 1.54) is 32.4 Å². The van der Waals surface area contributed by atoms with Crippen LogP contribution < -0.4 is 14.8 Å². The Morgan fingerprint density at radius 1 is 1.03 bits per heavy atom. The minimum Gasteiger partial charge on any atom is -0.497 e. The van der Waals surface area contributed by atoms with Gasteiger partial charge in [-0.2, -0.15) is 13.2 Å². The van der Waals surface area contributed by atoms with Crippen molar-refractivity contribution >= 4 is 11.6 Å². The van der Waals surface area contributed by atoms with Crippen LogP contribution in [0.1, 0.15) is 16.2 Å². The van der Waals surface area contributed by atoms with Crippen LogP contribution in [0.5, 0.6) is 11.5 Å². The Kier molecular flexibility index (Phi) is 5.39. The molecule has 1 amide bonds. The lowest BCUT2D eigenvalue weighted by Crippen LogP contribution is -2.21. The highest BCUT2D eigenvalue weighted by molar-refractivity contribution is 6.04. The third-order valence-electron chi connectivity index (χ3n) is 3.83. The number of hydrogen-bond acceptors (Lipinski definition) is 5. The molecular weight excluding hydrogens is 396 g/mol. The Bertz CT molecular complexity index is 1010. The van der Waals surface area contributed by atoms with Gasteiger partial charge >= 0.3 is 6.18 Å². The van der Waals surface area contributed by atoms with Gasteiger partial charge in [0.05, 0.1) is 19.9 Å². The van der Waals surface area contributed by atoms with Crippen LogP contribution >= 0.6 is 0 Å². The highest BCUT2D eigenvalue weighted by atomic mass is 19.4. The number of rotatable bonds is 5. The van der Waals surface area contributed by atoms with Crippen molar-refractivity contribution in [3.8, 4) is 17.2 Å². The quantitative estimate of drug-likeness (QED) is 0.649. The standard InChI is InChI=1S/C18H14F4N4O3/c1-28-13-7-11(8-14(9-13)29-2)23-17(27)15-16(18(20,21)22)26(25-24-15)12-5-3-10(19)4-6-12/h3-9H,1-2H3,(H,23,27). The van der Waals surface area contributed by atoms with E-state index in [-0.39, 0.29) is 11.4 Å². The summed E-state index contributed by atoms with van der Waals surface area (Å²) < 4.78 is 64.6. The smallest absolute Gasteiger partial charge is 0.435 e. The fourth-order valence-corrected chi connectivity index (χ4v) is 2.52. The predicted molar refractivity (Wildman–Crippen MR) is 93.8 cm³/mol. The average molecular weight is 410 g/mol. The molecule has 0 saturated carbocycles. The van der Waals surface area contributed by atoms with Crippen LogP contribution in [0.15, 0.2) is 42.5 Å². The number of halogens is 4. The molecule has 29 heavy (non-hydrogen) atoms. The normalized spacial score (nSPS) is 11.2. The molecular formula is C18H14F4N4O3. The highest BCUT2D eigenvalue weighted by Crippen LogP contribution is 2.33. The molecule has 0 aliphatic heterocycles. The van der Waals surface area contributed by atoms with E-state index in [1.807, 2.05) is 0 Å². The Morgan fingerprint density at radius 2 is 1.62 bits per heavy atom. The summed E-state index contributed by atoms with van der Waals surface area (Å²) in [5.74, 6) is -1.12. The zero-order valence-corrected chi connectivity index (χ0v) is 15.1. The maximum absolute atomic E-state index is 13.6. The highest BCUT2D eigenvalue weighted by Gasteiger charge is 2.42. The van der Waals surface area contributed by atoms with Crippen molar-refractivity contribution in [1.29, 1.82) is 0 Å². The van der Waals surface area contributed by atoms with Crippen molar-refractivity contribution in [3.63, 3.8) is 0 Å². The molecule has 0 spiro atoms. The van der Waals surface area contributed by atoms with Crippen LogP contribution in [-0.2, 0) is 6.18 Å². The van der Waals surface area contributed by atoms with E-state index in [0.29, 0.717) is 16.2 Å². The van der Waals surface area contributed by atoms with Crippen molar-refractivity contribution in [3.05, 3.63) is 59.7 Å². The van der Waals surface area contributed by atoms with Gasteiger partial charge in [0.15, 0.2) is 11.4 Å². The van der Waals surface area contributed by atoms with Gasteiger partial charge in [0.2, 0.25) is 0 Å². The molecule has 0 saturated heterocycles. The molecule has 0 unspecified atom stereocenters. The number of benzene rings is 2. The first-order chi connectivity index (χ1) is 13.7. The minimum absolute atomic E-state index is 0.103. The average Bonchev–Trinajstić information content (AvgIpc) is 3.14. The van der Waals surface area contributed by atoms with Gasteiger partial charge in [0.25, 0.3) is 5.91 Å². The molecule has 0 bridgehead atoms. The largest absolute Gasteiger partial charge is 0.497 e. The molecule has 1 heterocycles. The van der Waals surface area contributed by atoms with Crippen molar-refractivity contribution in [1.82, 2.24) is 15.0 Å². The maximum Gasteiger partial charge on any atom is 0.435 e. The number of aromatic nitrogens is 3. The SMILES string of the molecule is COc1cc(NC(=O)c2nnn(-c3ccc(F)cc3)c2C(F)(F)F)cc(OC)c1. The second-order valence-corrected chi connectivity index (χ2v) is 5.73. The summed E-state index contributed by atoms with van der Waals surface area (Å²) in [7, 11) is 2.77. The second kappa shape index (κ2) is 7.78. The van der Waals surface area contributed by atoms with Gasteiger partial charge < -0.3 is 14.8 Å². The molecule has 1 N–H and O–H groups in total. The Hall–Kier alpha value is -3.63. The van der Waals surface area contributed by atoms with Gasteiger partial charge in [-0.15, -0.1) is 5.10 Å². The van der Waals surface area contributed by atoms with Crippen molar-refractivity contribution < 1.29 is 31.8 Å². The summed E-state index contributed by atoms with van der Waals surface area (Å²) >= 11 is 0.